The Morgan fingerprint density at radius 1 is 0.686 bits per heavy atom. The molecule has 248 valence electrons. The van der Waals surface area contributed by atoms with Gasteiger partial charge in [-0.2, -0.15) is 0 Å². The number of hydrogen-bond donors (Lipinski definition) is 1. The quantitative estimate of drug-likeness (QED) is 0.184. The number of aromatic carboxylic acids is 1. The Kier molecular flexibility index (Phi) is 7.93. The van der Waals surface area contributed by atoms with Crippen molar-refractivity contribution < 1.29 is 9.90 Å². The summed E-state index contributed by atoms with van der Waals surface area (Å²) in [4.78, 5) is 27.9. The van der Waals surface area contributed by atoms with E-state index in [1.165, 1.54) is 6.42 Å². The summed E-state index contributed by atoms with van der Waals surface area (Å²) >= 11 is 3.77. The lowest BCUT2D eigenvalue weighted by Gasteiger charge is -2.26. The smallest absolute Gasteiger partial charge is 0.336 e. The number of imidazole rings is 1. The molecule has 5 aromatic carbocycles. The third-order valence-corrected chi connectivity index (χ3v) is 10.9. The zero-order valence-electron chi connectivity index (χ0n) is 27.8. The molecule has 1 fully saturated rings. The van der Waals surface area contributed by atoms with Crippen LogP contribution in [0.15, 0.2) is 132 Å². The van der Waals surface area contributed by atoms with Crippen LogP contribution in [0.4, 0.5) is 0 Å². The molecule has 0 atom stereocenters. The fraction of sp³-hybridized carbons (Fsp3) is 0.136. The van der Waals surface area contributed by atoms with Gasteiger partial charge in [-0.3, -0.25) is 4.98 Å². The fourth-order valence-electron chi connectivity index (χ4n) is 7.79. The van der Waals surface area contributed by atoms with E-state index in [0.717, 1.165) is 96.8 Å². The van der Waals surface area contributed by atoms with E-state index in [2.05, 4.69) is 80.1 Å². The second-order valence-corrected chi connectivity index (χ2v) is 14.2. The van der Waals surface area contributed by atoms with Crippen LogP contribution < -0.4 is 0 Å². The van der Waals surface area contributed by atoms with Gasteiger partial charge < -0.3 is 9.67 Å². The first-order valence-electron chi connectivity index (χ1n) is 17.4. The third-order valence-electron chi connectivity index (χ3n) is 10.2. The lowest BCUT2D eigenvalue weighted by atomic mass is 9.94. The molecule has 3 aromatic heterocycles. The van der Waals surface area contributed by atoms with Crippen LogP contribution in [-0.2, 0) is 0 Å². The molecule has 0 spiro atoms. The van der Waals surface area contributed by atoms with E-state index >= 15 is 0 Å². The van der Waals surface area contributed by atoms with Gasteiger partial charge in [0.05, 0.1) is 33.3 Å². The van der Waals surface area contributed by atoms with Gasteiger partial charge in [0.2, 0.25) is 0 Å². The molecule has 6 nitrogen and oxygen atoms in total. The van der Waals surface area contributed by atoms with Gasteiger partial charge in [-0.1, -0.05) is 95.9 Å². The maximum atomic E-state index is 12.8. The number of fused-ring (bicyclic) bond motifs is 3. The van der Waals surface area contributed by atoms with Gasteiger partial charge in [-0.05, 0) is 84.6 Å². The number of halogens is 1. The summed E-state index contributed by atoms with van der Waals surface area (Å²) in [5.74, 6) is -0.126. The number of pyridine rings is 2. The lowest BCUT2D eigenvalue weighted by molar-refractivity contribution is 0.0698. The Balaban J connectivity index is 1.29. The number of rotatable bonds is 6. The van der Waals surface area contributed by atoms with Gasteiger partial charge in [0.15, 0.2) is 0 Å². The van der Waals surface area contributed by atoms with Gasteiger partial charge in [0, 0.05) is 49.7 Å². The molecule has 0 unspecified atom stereocenters. The summed E-state index contributed by atoms with van der Waals surface area (Å²) in [7, 11) is 0. The van der Waals surface area contributed by atoms with Gasteiger partial charge in [0.1, 0.15) is 5.82 Å². The molecule has 9 rings (SSSR count). The molecule has 1 N–H and O–H groups in total. The Morgan fingerprint density at radius 3 is 2.27 bits per heavy atom. The predicted octanol–water partition coefficient (Wildman–Crippen LogP) is 11.8. The number of nitrogens with zero attached hydrogens (tertiary/aromatic N) is 4. The molecule has 0 saturated heterocycles. The fourth-order valence-corrected chi connectivity index (χ4v) is 8.26. The number of carboxylic acid groups (broad SMARTS) is 1. The molecule has 51 heavy (non-hydrogen) atoms. The minimum Gasteiger partial charge on any atom is -0.478 e. The maximum absolute atomic E-state index is 12.8. The van der Waals surface area contributed by atoms with Crippen molar-refractivity contribution in [3.05, 3.63) is 138 Å². The summed E-state index contributed by atoms with van der Waals surface area (Å²) in [5.41, 5.74) is 10.2. The standard InChI is InChI=1S/C44H33BrN4O2/c45-36-16-8-7-15-33(36)41-35(27-10-3-1-4-11-27)26-31-25-30(18-21-38(31)47-41)43-48-42-39(49(43)32-13-5-2-6-14-32)22-19-34(44(50)51)40(42)29-17-20-37-28(24-29)12-9-23-46-37/h1,3-4,7-12,15-26,32H,2,5-6,13-14H2,(H,50,51). The Morgan fingerprint density at radius 2 is 1.45 bits per heavy atom. The van der Waals surface area contributed by atoms with E-state index < -0.39 is 5.97 Å². The summed E-state index contributed by atoms with van der Waals surface area (Å²) in [6.45, 7) is 0. The van der Waals surface area contributed by atoms with Crippen LogP contribution in [-0.4, -0.2) is 30.6 Å². The van der Waals surface area contributed by atoms with Crippen LogP contribution in [0.2, 0.25) is 0 Å². The normalized spacial score (nSPS) is 13.7. The summed E-state index contributed by atoms with van der Waals surface area (Å²) in [6.07, 6.45) is 7.41. The van der Waals surface area contributed by atoms with Crippen molar-refractivity contribution in [3.8, 4) is 44.9 Å². The molecule has 3 heterocycles. The Bertz CT molecular complexity index is 2630. The highest BCUT2D eigenvalue weighted by atomic mass is 79.9. The molecule has 1 saturated carbocycles. The highest BCUT2D eigenvalue weighted by Crippen LogP contribution is 2.42. The summed E-state index contributed by atoms with van der Waals surface area (Å²) in [5, 5.41) is 12.4. The van der Waals surface area contributed by atoms with Gasteiger partial charge in [-0.15, -0.1) is 0 Å². The van der Waals surface area contributed by atoms with E-state index in [0.29, 0.717) is 11.1 Å². The van der Waals surface area contributed by atoms with Gasteiger partial charge in [0.25, 0.3) is 0 Å². The van der Waals surface area contributed by atoms with Crippen LogP contribution in [0.5, 0.6) is 0 Å². The summed E-state index contributed by atoms with van der Waals surface area (Å²) < 4.78 is 3.38. The number of benzene rings is 5. The van der Waals surface area contributed by atoms with Crippen molar-refractivity contribution in [1.29, 1.82) is 0 Å². The monoisotopic (exact) mass is 728 g/mol. The van der Waals surface area contributed by atoms with Crippen molar-refractivity contribution in [2.75, 3.05) is 0 Å². The molecular weight excluding hydrogens is 696 g/mol. The number of aromatic nitrogens is 4. The van der Waals surface area contributed by atoms with Crippen molar-refractivity contribution in [3.63, 3.8) is 0 Å². The minimum atomic E-state index is -0.974. The zero-order chi connectivity index (χ0) is 34.5. The first-order valence-corrected chi connectivity index (χ1v) is 18.2. The zero-order valence-corrected chi connectivity index (χ0v) is 29.3. The second-order valence-electron chi connectivity index (χ2n) is 13.3. The predicted molar refractivity (Wildman–Crippen MR) is 209 cm³/mol. The first kappa shape index (κ1) is 31.3. The van der Waals surface area contributed by atoms with Crippen LogP contribution >= 0.6 is 15.9 Å². The van der Waals surface area contributed by atoms with Crippen LogP contribution in [0.3, 0.4) is 0 Å². The molecule has 7 heteroatoms. The van der Waals surface area contributed by atoms with Gasteiger partial charge in [-0.25, -0.2) is 14.8 Å². The first-order chi connectivity index (χ1) is 25.0. The SMILES string of the molecule is O=C(O)c1ccc2c(nc(-c3ccc4nc(-c5ccccc5Br)c(-c5ccccc5)cc4c3)n2C2CCCCC2)c1-c1ccc2ncccc2c1. The van der Waals surface area contributed by atoms with Crippen LogP contribution in [0, 0.1) is 0 Å². The van der Waals surface area contributed by atoms with E-state index in [-0.39, 0.29) is 11.6 Å². The highest BCUT2D eigenvalue weighted by Gasteiger charge is 2.27. The van der Waals surface area contributed by atoms with Crippen molar-refractivity contribution in [2.45, 2.75) is 38.1 Å². The average Bonchev–Trinajstić information content (AvgIpc) is 3.57. The molecular formula is C44H33BrN4O2. The molecule has 0 amide bonds. The average molecular weight is 730 g/mol. The molecule has 1 aliphatic rings. The molecule has 0 aliphatic heterocycles. The second kappa shape index (κ2) is 12.9. The molecule has 0 bridgehead atoms. The largest absolute Gasteiger partial charge is 0.478 e. The van der Waals surface area contributed by atoms with E-state index in [4.69, 9.17) is 9.97 Å². The van der Waals surface area contributed by atoms with Gasteiger partial charge >= 0.3 is 5.97 Å². The topological polar surface area (TPSA) is 80.9 Å². The van der Waals surface area contributed by atoms with Crippen LogP contribution in [0.1, 0.15) is 48.5 Å². The number of carbonyl (C=O) groups is 1. The number of hydrogen-bond acceptors (Lipinski definition) is 4. The highest BCUT2D eigenvalue weighted by molar-refractivity contribution is 9.10. The summed E-state index contributed by atoms with van der Waals surface area (Å²) in [6, 6.07) is 41.0. The Hall–Kier alpha value is -5.66. The Labute approximate surface area is 303 Å². The van der Waals surface area contributed by atoms with Crippen molar-refractivity contribution in [1.82, 2.24) is 19.5 Å². The lowest BCUT2D eigenvalue weighted by Crippen LogP contribution is -2.14. The van der Waals surface area contributed by atoms with E-state index in [1.54, 1.807) is 12.3 Å². The number of carboxylic acids is 1. The molecule has 8 aromatic rings. The van der Waals surface area contributed by atoms with E-state index in [9.17, 15) is 9.90 Å². The molecule has 0 radical (unpaired) electrons. The van der Waals surface area contributed by atoms with Crippen LogP contribution in [0.25, 0.3) is 77.7 Å². The molecule has 1 aliphatic carbocycles. The van der Waals surface area contributed by atoms with Crippen molar-refractivity contribution >= 4 is 54.7 Å². The van der Waals surface area contributed by atoms with Crippen molar-refractivity contribution in [2.24, 2.45) is 0 Å². The maximum Gasteiger partial charge on any atom is 0.336 e. The minimum absolute atomic E-state index is 0.236. The third kappa shape index (κ3) is 5.58. The van der Waals surface area contributed by atoms with E-state index in [1.807, 2.05) is 60.7 Å².